The van der Waals surface area contributed by atoms with E-state index in [1.54, 1.807) is 24.3 Å². The quantitative estimate of drug-likeness (QED) is 0.602. The first-order valence-corrected chi connectivity index (χ1v) is 8.21. The van der Waals surface area contributed by atoms with Crippen LogP contribution in [-0.2, 0) is 30.5 Å². The van der Waals surface area contributed by atoms with Crippen molar-refractivity contribution in [2.45, 2.75) is 31.6 Å². The van der Waals surface area contributed by atoms with E-state index in [4.69, 9.17) is 19.4 Å². The molecule has 0 fully saturated rings. The lowest BCUT2D eigenvalue weighted by molar-refractivity contribution is -0.139. The Bertz CT molecular complexity index is 693. The molecule has 1 aliphatic rings. The van der Waals surface area contributed by atoms with Crippen LogP contribution in [0, 0.1) is 0 Å². The Labute approximate surface area is 155 Å². The van der Waals surface area contributed by atoms with Gasteiger partial charge in [-0.3, -0.25) is 9.59 Å². The summed E-state index contributed by atoms with van der Waals surface area (Å²) >= 11 is 0. The van der Waals surface area contributed by atoms with Crippen LogP contribution in [0.1, 0.15) is 18.4 Å². The summed E-state index contributed by atoms with van der Waals surface area (Å²) in [7, 11) is 1.46. The van der Waals surface area contributed by atoms with Crippen LogP contribution in [-0.4, -0.2) is 54.8 Å². The molecule has 0 aromatic heterocycles. The number of nitrogens with zero attached hydrogens (tertiary/aromatic N) is 1. The average Bonchev–Trinajstić information content (AvgIpc) is 3.12. The van der Waals surface area contributed by atoms with E-state index in [1.165, 1.54) is 7.11 Å². The number of hydrogen-bond acceptors (Lipinski definition) is 7. The number of hydrogen-bond donors (Lipinski definition) is 3. The van der Waals surface area contributed by atoms with Crippen molar-refractivity contribution in [1.29, 1.82) is 0 Å². The van der Waals surface area contributed by atoms with Crippen molar-refractivity contribution in [3.8, 4) is 0 Å². The van der Waals surface area contributed by atoms with Gasteiger partial charge in [0.15, 0.2) is 6.10 Å². The summed E-state index contributed by atoms with van der Waals surface area (Å²) < 4.78 is 9.94. The number of carboxylic acid groups (broad SMARTS) is 1. The van der Waals surface area contributed by atoms with Gasteiger partial charge in [-0.25, -0.2) is 4.79 Å². The van der Waals surface area contributed by atoms with Gasteiger partial charge in [-0.1, -0.05) is 35.5 Å². The smallest absolute Gasteiger partial charge is 0.408 e. The number of ether oxygens (including phenoxy) is 2. The lowest BCUT2D eigenvalue weighted by Crippen LogP contribution is -2.49. The molecule has 10 heteroatoms. The number of benzene rings is 1. The highest BCUT2D eigenvalue weighted by molar-refractivity contribution is 5.89. The van der Waals surface area contributed by atoms with Gasteiger partial charge >= 0.3 is 12.1 Å². The predicted molar refractivity (Wildman–Crippen MR) is 92.7 cm³/mol. The third-order valence-electron chi connectivity index (χ3n) is 3.65. The van der Waals surface area contributed by atoms with Gasteiger partial charge in [0.25, 0.3) is 0 Å². The van der Waals surface area contributed by atoms with Crippen LogP contribution in [0.3, 0.4) is 0 Å². The second kappa shape index (κ2) is 10.00. The zero-order valence-corrected chi connectivity index (χ0v) is 14.7. The number of carbonyl (C=O) groups is 3. The molecule has 0 radical (unpaired) electrons. The normalized spacial score (nSPS) is 16.5. The third-order valence-corrected chi connectivity index (χ3v) is 3.65. The minimum Gasteiger partial charge on any atom is -0.482 e. The SMILES string of the molecule is COC1=NOC(CNC(=O)[C@H](CC(=O)O)NC(=O)OCc2ccccc2)C1. The minimum absolute atomic E-state index is 0.00112. The number of methoxy groups -OCH3 is 1. The number of aliphatic carboxylic acids is 1. The number of nitrogens with one attached hydrogen (secondary N) is 2. The molecule has 0 saturated heterocycles. The van der Waals surface area contributed by atoms with Crippen molar-refractivity contribution in [3.63, 3.8) is 0 Å². The Kier molecular flexibility index (Phi) is 7.41. The maximum atomic E-state index is 12.2. The predicted octanol–water partition coefficient (Wildman–Crippen LogP) is 0.621. The molecular formula is C17H21N3O7. The summed E-state index contributed by atoms with van der Waals surface area (Å²) in [5.74, 6) is -1.50. The highest BCUT2D eigenvalue weighted by Gasteiger charge is 2.27. The molecule has 1 unspecified atom stereocenters. The summed E-state index contributed by atoms with van der Waals surface area (Å²) in [4.78, 5) is 40.2. The zero-order chi connectivity index (χ0) is 19.6. The molecule has 2 atom stereocenters. The van der Waals surface area contributed by atoms with Crippen LogP contribution in [0.5, 0.6) is 0 Å². The molecule has 1 heterocycles. The number of carboxylic acids is 1. The highest BCUT2D eigenvalue weighted by Crippen LogP contribution is 2.10. The summed E-state index contributed by atoms with van der Waals surface area (Å²) in [5.41, 5.74) is 0.763. The molecule has 1 aromatic rings. The van der Waals surface area contributed by atoms with Gasteiger partial charge in [-0.05, 0) is 5.56 Å². The summed E-state index contributed by atoms with van der Waals surface area (Å²) in [5, 5.41) is 17.4. The fourth-order valence-corrected chi connectivity index (χ4v) is 2.26. The Morgan fingerprint density at radius 2 is 2.07 bits per heavy atom. The van der Waals surface area contributed by atoms with Crippen molar-refractivity contribution in [3.05, 3.63) is 35.9 Å². The summed E-state index contributed by atoms with van der Waals surface area (Å²) in [6.45, 7) is 0.0905. The second-order valence-electron chi connectivity index (χ2n) is 5.72. The largest absolute Gasteiger partial charge is 0.482 e. The zero-order valence-electron chi connectivity index (χ0n) is 14.7. The van der Waals surface area contributed by atoms with E-state index in [0.29, 0.717) is 12.3 Å². The van der Waals surface area contributed by atoms with Gasteiger partial charge in [0.2, 0.25) is 11.8 Å². The molecule has 1 aliphatic heterocycles. The molecule has 0 saturated carbocycles. The van der Waals surface area contributed by atoms with Gasteiger partial charge in [0.1, 0.15) is 12.6 Å². The Morgan fingerprint density at radius 3 is 2.70 bits per heavy atom. The van der Waals surface area contributed by atoms with Crippen molar-refractivity contribution in [2.24, 2.45) is 5.16 Å². The Balaban J connectivity index is 1.81. The number of carbonyl (C=O) groups excluding carboxylic acids is 2. The lowest BCUT2D eigenvalue weighted by Gasteiger charge is -2.17. The fraction of sp³-hybridized carbons (Fsp3) is 0.412. The van der Waals surface area contributed by atoms with E-state index in [-0.39, 0.29) is 13.2 Å². The summed E-state index contributed by atoms with van der Waals surface area (Å²) in [6.07, 6.45) is -1.51. The van der Waals surface area contributed by atoms with Crippen molar-refractivity contribution >= 4 is 23.9 Å². The van der Waals surface area contributed by atoms with Crippen LogP contribution in [0.2, 0.25) is 0 Å². The van der Waals surface area contributed by atoms with Crippen molar-refractivity contribution in [2.75, 3.05) is 13.7 Å². The molecular weight excluding hydrogens is 358 g/mol. The molecule has 146 valence electrons. The van der Waals surface area contributed by atoms with Gasteiger partial charge in [0.05, 0.1) is 26.5 Å². The van der Waals surface area contributed by atoms with E-state index >= 15 is 0 Å². The van der Waals surface area contributed by atoms with Gasteiger partial charge < -0.3 is 30.1 Å². The molecule has 1 aromatic carbocycles. The van der Waals surface area contributed by atoms with Gasteiger partial charge in [-0.2, -0.15) is 0 Å². The van der Waals surface area contributed by atoms with Crippen LogP contribution >= 0.6 is 0 Å². The first kappa shape index (κ1) is 20.0. The lowest BCUT2D eigenvalue weighted by atomic mass is 10.2. The fourth-order valence-electron chi connectivity index (χ4n) is 2.26. The molecule has 27 heavy (non-hydrogen) atoms. The number of rotatable bonds is 8. The monoisotopic (exact) mass is 379 g/mol. The van der Waals surface area contributed by atoms with E-state index < -0.39 is 36.5 Å². The first-order chi connectivity index (χ1) is 13.0. The molecule has 0 spiro atoms. The van der Waals surface area contributed by atoms with E-state index in [2.05, 4.69) is 15.8 Å². The number of alkyl carbamates (subject to hydrolysis) is 1. The molecule has 2 amide bonds. The van der Waals surface area contributed by atoms with Crippen LogP contribution < -0.4 is 10.6 Å². The van der Waals surface area contributed by atoms with Gasteiger partial charge in [-0.15, -0.1) is 0 Å². The van der Waals surface area contributed by atoms with E-state index in [1.807, 2.05) is 6.07 Å². The first-order valence-electron chi connectivity index (χ1n) is 8.21. The Morgan fingerprint density at radius 1 is 1.33 bits per heavy atom. The van der Waals surface area contributed by atoms with Crippen LogP contribution in [0.25, 0.3) is 0 Å². The Hall–Kier alpha value is -3.30. The van der Waals surface area contributed by atoms with Crippen molar-refractivity contribution < 1.29 is 33.8 Å². The molecule has 0 bridgehead atoms. The second-order valence-corrected chi connectivity index (χ2v) is 5.72. The average molecular weight is 379 g/mol. The van der Waals surface area contributed by atoms with Crippen LogP contribution in [0.4, 0.5) is 4.79 Å². The number of amides is 2. The summed E-state index contributed by atoms with van der Waals surface area (Å²) in [6, 6.07) is 7.67. The standard InChI is InChI=1S/C17H21N3O7/c1-25-14-7-12(27-20-14)9-18-16(23)13(8-15(21)22)19-17(24)26-10-11-5-3-2-4-6-11/h2-6,12-13H,7-10H2,1H3,(H,18,23)(H,19,24)(H,21,22)/t12?,13-/m0/s1. The van der Waals surface area contributed by atoms with E-state index in [0.717, 1.165) is 5.56 Å². The number of oxime groups is 1. The highest BCUT2D eigenvalue weighted by atomic mass is 16.7. The van der Waals surface area contributed by atoms with E-state index in [9.17, 15) is 14.4 Å². The molecule has 10 nitrogen and oxygen atoms in total. The topological polar surface area (TPSA) is 136 Å². The van der Waals surface area contributed by atoms with Crippen LogP contribution in [0.15, 0.2) is 35.5 Å². The molecule has 2 rings (SSSR count). The minimum atomic E-state index is -1.28. The van der Waals surface area contributed by atoms with Gasteiger partial charge in [0, 0.05) is 0 Å². The third kappa shape index (κ3) is 6.84. The maximum absolute atomic E-state index is 12.2. The molecule has 3 N–H and O–H groups in total. The maximum Gasteiger partial charge on any atom is 0.408 e. The molecule has 0 aliphatic carbocycles. The van der Waals surface area contributed by atoms with Crippen molar-refractivity contribution in [1.82, 2.24) is 10.6 Å².